The van der Waals surface area contributed by atoms with Gasteiger partial charge in [-0.2, -0.15) is 0 Å². The predicted molar refractivity (Wildman–Crippen MR) is 66.2 cm³/mol. The zero-order valence-corrected chi connectivity index (χ0v) is 10.7. The first kappa shape index (κ1) is 13.8. The highest BCUT2D eigenvalue weighted by Crippen LogP contribution is 2.28. The minimum absolute atomic E-state index is 0.238. The molecule has 0 fully saturated rings. The zero-order chi connectivity index (χ0) is 12.8. The second-order valence-electron chi connectivity index (χ2n) is 3.62. The van der Waals surface area contributed by atoms with Crippen molar-refractivity contribution in [3.63, 3.8) is 0 Å². The van der Waals surface area contributed by atoms with E-state index in [1.165, 1.54) is 7.11 Å². The molecule has 0 spiro atoms. The van der Waals surface area contributed by atoms with Crippen LogP contribution < -0.4 is 10.5 Å². The molecule has 5 heteroatoms. The Morgan fingerprint density at radius 1 is 1.47 bits per heavy atom. The molecule has 0 heterocycles. The Labute approximate surface area is 106 Å². The molecule has 0 aromatic heterocycles. The lowest BCUT2D eigenvalue weighted by molar-refractivity contribution is -0.140. The topological polar surface area (TPSA) is 61.5 Å². The van der Waals surface area contributed by atoms with Gasteiger partial charge in [-0.25, -0.2) is 0 Å². The van der Waals surface area contributed by atoms with Crippen molar-refractivity contribution in [2.24, 2.45) is 5.73 Å². The molecule has 1 aromatic rings. The van der Waals surface area contributed by atoms with E-state index in [4.69, 9.17) is 22.1 Å². The molecule has 0 radical (unpaired) electrons. The summed E-state index contributed by atoms with van der Waals surface area (Å²) in [4.78, 5) is 11.0. The molecule has 4 nitrogen and oxygen atoms in total. The summed E-state index contributed by atoms with van der Waals surface area (Å²) >= 11 is 5.99. The maximum absolute atomic E-state index is 11.0. The molecular weight excluding hydrogens is 242 g/mol. The zero-order valence-electron chi connectivity index (χ0n) is 9.90. The summed E-state index contributed by atoms with van der Waals surface area (Å²) in [7, 11) is 2.91. The Hall–Kier alpha value is -1.26. The third-order valence-corrected chi connectivity index (χ3v) is 2.79. The first-order valence-electron chi connectivity index (χ1n) is 5.24. The Morgan fingerprint density at radius 3 is 2.71 bits per heavy atom. The molecule has 1 rings (SSSR count). The monoisotopic (exact) mass is 257 g/mol. The number of halogens is 1. The van der Waals surface area contributed by atoms with Crippen LogP contribution in [-0.2, 0) is 9.53 Å². The van der Waals surface area contributed by atoms with E-state index in [-0.39, 0.29) is 12.0 Å². The van der Waals surface area contributed by atoms with Gasteiger partial charge in [0.15, 0.2) is 0 Å². The number of rotatable bonds is 5. The Kier molecular flexibility index (Phi) is 5.25. The van der Waals surface area contributed by atoms with Gasteiger partial charge in [-0.3, -0.25) is 4.79 Å². The van der Waals surface area contributed by atoms with Gasteiger partial charge < -0.3 is 15.2 Å². The van der Waals surface area contributed by atoms with Crippen LogP contribution in [0.2, 0.25) is 5.02 Å². The van der Waals surface area contributed by atoms with Crippen molar-refractivity contribution in [3.8, 4) is 5.75 Å². The van der Waals surface area contributed by atoms with Gasteiger partial charge in [0.05, 0.1) is 19.2 Å². The summed E-state index contributed by atoms with van der Waals surface area (Å²) in [5, 5.41) is 0.513. The van der Waals surface area contributed by atoms with Gasteiger partial charge >= 0.3 is 5.97 Å². The van der Waals surface area contributed by atoms with Crippen LogP contribution in [0.15, 0.2) is 18.2 Å². The number of esters is 1. The van der Waals surface area contributed by atoms with Crippen molar-refractivity contribution < 1.29 is 14.3 Å². The fraction of sp³-hybridized carbons (Fsp3) is 0.417. The third-order valence-electron chi connectivity index (χ3n) is 2.49. The number of nitrogens with two attached hydrogens (primary N) is 1. The van der Waals surface area contributed by atoms with E-state index in [1.807, 2.05) is 6.07 Å². The van der Waals surface area contributed by atoms with E-state index in [1.54, 1.807) is 19.2 Å². The molecule has 94 valence electrons. The summed E-state index contributed by atoms with van der Waals surface area (Å²) in [5.74, 6) is 0.343. The van der Waals surface area contributed by atoms with E-state index < -0.39 is 0 Å². The molecule has 0 aliphatic carbocycles. The average molecular weight is 258 g/mol. The number of ether oxygens (including phenoxy) is 2. The van der Waals surface area contributed by atoms with Crippen molar-refractivity contribution in [1.82, 2.24) is 0 Å². The SMILES string of the molecule is COC(=O)CCC(N)c1ccc(OC)c(Cl)c1. The third kappa shape index (κ3) is 3.91. The molecule has 0 saturated carbocycles. The standard InChI is InChI=1S/C12H16ClNO3/c1-16-11-5-3-8(7-9(11)13)10(14)4-6-12(15)17-2/h3,5,7,10H,4,6,14H2,1-2H3. The second-order valence-corrected chi connectivity index (χ2v) is 4.02. The molecule has 1 unspecified atom stereocenters. The van der Waals surface area contributed by atoms with Gasteiger partial charge in [0.1, 0.15) is 5.75 Å². The highest BCUT2D eigenvalue weighted by Gasteiger charge is 2.11. The highest BCUT2D eigenvalue weighted by molar-refractivity contribution is 6.32. The van der Waals surface area contributed by atoms with Gasteiger partial charge in [-0.15, -0.1) is 0 Å². The molecule has 1 atom stereocenters. The Bertz CT molecular complexity index is 395. The van der Waals surface area contributed by atoms with Gasteiger partial charge in [0, 0.05) is 12.5 Å². The predicted octanol–water partition coefficient (Wildman–Crippen LogP) is 2.30. The van der Waals surface area contributed by atoms with E-state index in [0.717, 1.165) is 5.56 Å². The fourth-order valence-corrected chi connectivity index (χ4v) is 1.72. The highest BCUT2D eigenvalue weighted by atomic mass is 35.5. The van der Waals surface area contributed by atoms with E-state index in [2.05, 4.69) is 4.74 Å². The molecule has 0 bridgehead atoms. The van der Waals surface area contributed by atoms with Crippen molar-refractivity contribution >= 4 is 17.6 Å². The lowest BCUT2D eigenvalue weighted by Crippen LogP contribution is -2.13. The summed E-state index contributed by atoms with van der Waals surface area (Å²) in [5.41, 5.74) is 6.83. The number of hydrogen-bond donors (Lipinski definition) is 1. The maximum atomic E-state index is 11.0. The van der Waals surface area contributed by atoms with Crippen LogP contribution in [0.5, 0.6) is 5.75 Å². The fourth-order valence-electron chi connectivity index (χ4n) is 1.46. The van der Waals surface area contributed by atoms with Crippen LogP contribution in [0, 0.1) is 0 Å². The number of carbonyl (C=O) groups is 1. The maximum Gasteiger partial charge on any atom is 0.305 e. The lowest BCUT2D eigenvalue weighted by Gasteiger charge is -2.12. The summed E-state index contributed by atoms with van der Waals surface area (Å²) < 4.78 is 9.60. The molecule has 0 amide bonds. The first-order valence-corrected chi connectivity index (χ1v) is 5.62. The van der Waals surface area contributed by atoms with Crippen LogP contribution in [0.1, 0.15) is 24.4 Å². The van der Waals surface area contributed by atoms with Crippen molar-refractivity contribution in [2.45, 2.75) is 18.9 Å². The number of benzene rings is 1. The van der Waals surface area contributed by atoms with Crippen LogP contribution >= 0.6 is 11.6 Å². The van der Waals surface area contributed by atoms with Crippen LogP contribution in [0.3, 0.4) is 0 Å². The van der Waals surface area contributed by atoms with Crippen molar-refractivity contribution in [1.29, 1.82) is 0 Å². The van der Waals surface area contributed by atoms with Gasteiger partial charge in [0.25, 0.3) is 0 Å². The van der Waals surface area contributed by atoms with Gasteiger partial charge in [0.2, 0.25) is 0 Å². The quantitative estimate of drug-likeness (QED) is 0.823. The smallest absolute Gasteiger partial charge is 0.305 e. The van der Waals surface area contributed by atoms with E-state index in [9.17, 15) is 4.79 Å². The molecule has 17 heavy (non-hydrogen) atoms. The molecule has 0 saturated heterocycles. The van der Waals surface area contributed by atoms with Crippen molar-refractivity contribution in [2.75, 3.05) is 14.2 Å². The van der Waals surface area contributed by atoms with Gasteiger partial charge in [-0.1, -0.05) is 17.7 Å². The number of carbonyl (C=O) groups excluding carboxylic acids is 1. The molecule has 0 aliphatic rings. The van der Waals surface area contributed by atoms with Crippen LogP contribution in [0.25, 0.3) is 0 Å². The van der Waals surface area contributed by atoms with Crippen LogP contribution in [-0.4, -0.2) is 20.2 Å². The van der Waals surface area contributed by atoms with E-state index >= 15 is 0 Å². The minimum atomic E-state index is -0.264. The largest absolute Gasteiger partial charge is 0.495 e. The van der Waals surface area contributed by atoms with E-state index in [0.29, 0.717) is 23.6 Å². The molecule has 0 aliphatic heterocycles. The summed E-state index contributed by atoms with van der Waals surface area (Å²) in [6.07, 6.45) is 0.816. The lowest BCUT2D eigenvalue weighted by atomic mass is 10.0. The Balaban J connectivity index is 2.66. The van der Waals surface area contributed by atoms with Crippen molar-refractivity contribution in [3.05, 3.63) is 28.8 Å². The second kappa shape index (κ2) is 6.47. The summed E-state index contributed by atoms with van der Waals surface area (Å²) in [6, 6.07) is 5.11. The number of hydrogen-bond acceptors (Lipinski definition) is 4. The molecule has 1 aromatic carbocycles. The van der Waals surface area contributed by atoms with Crippen LogP contribution in [0.4, 0.5) is 0 Å². The summed E-state index contributed by atoms with van der Waals surface area (Å²) in [6.45, 7) is 0. The first-order chi connectivity index (χ1) is 8.08. The van der Waals surface area contributed by atoms with Gasteiger partial charge in [-0.05, 0) is 24.1 Å². The average Bonchev–Trinajstić information content (AvgIpc) is 2.35. The minimum Gasteiger partial charge on any atom is -0.495 e. The molecule has 2 N–H and O–H groups in total. The molecular formula is C12H16ClNO3. The normalized spacial score (nSPS) is 12.0. The number of methoxy groups -OCH3 is 2. The Morgan fingerprint density at radius 2 is 2.18 bits per heavy atom.